The van der Waals surface area contributed by atoms with Gasteiger partial charge >= 0.3 is 6.16 Å². The Morgan fingerprint density at radius 1 is 1.44 bits per heavy atom. The van der Waals surface area contributed by atoms with Gasteiger partial charge in [-0.1, -0.05) is 6.92 Å². The Morgan fingerprint density at radius 3 is 2.61 bits per heavy atom. The average Bonchev–Trinajstić information content (AvgIpc) is 2.70. The lowest BCUT2D eigenvalue weighted by molar-refractivity contribution is 0.0941. The van der Waals surface area contributed by atoms with E-state index in [4.69, 9.17) is 4.74 Å². The van der Waals surface area contributed by atoms with E-state index in [9.17, 15) is 9.59 Å². The molecule has 0 fully saturated rings. The number of aromatic nitrogens is 1. The summed E-state index contributed by atoms with van der Waals surface area (Å²) in [5, 5.41) is 2.73. The van der Waals surface area contributed by atoms with E-state index in [0.29, 0.717) is 12.1 Å². The van der Waals surface area contributed by atoms with Crippen LogP contribution in [0.1, 0.15) is 36.1 Å². The standard InChI is InChI=1S/C11H16N2O4S/c1-5-7-8(17-11(15)16-4)9(18-13-7)10(14)12-6(2)3/h6H,5H2,1-4H3,(H,12,14). The van der Waals surface area contributed by atoms with E-state index in [2.05, 4.69) is 14.4 Å². The number of carbonyl (C=O) groups is 2. The molecule has 0 aliphatic rings. The van der Waals surface area contributed by atoms with Crippen LogP contribution in [0, 0.1) is 0 Å². The quantitative estimate of drug-likeness (QED) is 0.848. The molecule has 0 aliphatic heterocycles. The lowest BCUT2D eigenvalue weighted by Gasteiger charge is -2.08. The number of amides is 1. The summed E-state index contributed by atoms with van der Waals surface area (Å²) >= 11 is 1.01. The highest BCUT2D eigenvalue weighted by Gasteiger charge is 2.23. The summed E-state index contributed by atoms with van der Waals surface area (Å²) in [6.45, 7) is 5.56. The predicted molar refractivity (Wildman–Crippen MR) is 67.1 cm³/mol. The minimum absolute atomic E-state index is 0.00402. The third-order valence-corrected chi connectivity index (χ3v) is 2.89. The Labute approximate surface area is 109 Å². The summed E-state index contributed by atoms with van der Waals surface area (Å²) in [4.78, 5) is 23.3. The van der Waals surface area contributed by atoms with E-state index in [1.807, 2.05) is 20.8 Å². The zero-order valence-corrected chi connectivity index (χ0v) is 11.6. The van der Waals surface area contributed by atoms with Crippen molar-refractivity contribution in [3.05, 3.63) is 10.6 Å². The number of nitrogens with one attached hydrogen (secondary N) is 1. The summed E-state index contributed by atoms with van der Waals surface area (Å²) in [5.41, 5.74) is 0.569. The maximum Gasteiger partial charge on any atom is 0.513 e. The van der Waals surface area contributed by atoms with Crippen molar-refractivity contribution in [2.75, 3.05) is 7.11 Å². The number of nitrogens with zero attached hydrogens (tertiary/aromatic N) is 1. The molecular weight excluding hydrogens is 256 g/mol. The molecule has 1 N–H and O–H groups in total. The minimum Gasteiger partial charge on any atom is -0.437 e. The Kier molecular flexibility index (Phi) is 5.08. The van der Waals surface area contributed by atoms with E-state index < -0.39 is 6.16 Å². The first-order valence-corrected chi connectivity index (χ1v) is 6.32. The minimum atomic E-state index is -0.858. The summed E-state index contributed by atoms with van der Waals surface area (Å²) < 4.78 is 13.5. The molecule has 18 heavy (non-hydrogen) atoms. The van der Waals surface area contributed by atoms with Crippen molar-refractivity contribution in [1.29, 1.82) is 0 Å². The fraction of sp³-hybridized carbons (Fsp3) is 0.545. The van der Waals surface area contributed by atoms with Crippen molar-refractivity contribution in [3.63, 3.8) is 0 Å². The molecule has 1 rings (SSSR count). The van der Waals surface area contributed by atoms with Crippen molar-refractivity contribution in [1.82, 2.24) is 9.69 Å². The van der Waals surface area contributed by atoms with Gasteiger partial charge in [-0.05, 0) is 31.8 Å². The Bertz CT molecular complexity index is 442. The predicted octanol–water partition coefficient (Wildman–Crippen LogP) is 1.99. The van der Waals surface area contributed by atoms with Crippen molar-refractivity contribution in [3.8, 4) is 5.75 Å². The normalized spacial score (nSPS) is 10.3. The van der Waals surface area contributed by atoms with Crippen LogP contribution in [0.15, 0.2) is 0 Å². The molecule has 0 atom stereocenters. The number of hydrogen-bond donors (Lipinski definition) is 1. The van der Waals surface area contributed by atoms with Gasteiger partial charge < -0.3 is 14.8 Å². The van der Waals surface area contributed by atoms with Gasteiger partial charge in [-0.2, -0.15) is 4.37 Å². The van der Waals surface area contributed by atoms with Gasteiger partial charge in [0.25, 0.3) is 5.91 Å². The number of carbonyl (C=O) groups excluding carboxylic acids is 2. The van der Waals surface area contributed by atoms with Crippen LogP contribution in [0.4, 0.5) is 4.79 Å². The summed E-state index contributed by atoms with van der Waals surface area (Å²) in [5.74, 6) is -0.117. The first-order valence-electron chi connectivity index (χ1n) is 5.54. The molecule has 0 saturated carbocycles. The third-order valence-electron chi connectivity index (χ3n) is 2.03. The van der Waals surface area contributed by atoms with Gasteiger partial charge in [0.1, 0.15) is 0 Å². The van der Waals surface area contributed by atoms with Crippen LogP contribution in [-0.2, 0) is 11.2 Å². The molecule has 0 bridgehead atoms. The third kappa shape index (κ3) is 3.43. The highest BCUT2D eigenvalue weighted by Crippen LogP contribution is 2.28. The van der Waals surface area contributed by atoms with Crippen LogP contribution >= 0.6 is 11.5 Å². The molecule has 0 unspecified atom stereocenters. The first kappa shape index (κ1) is 14.4. The van der Waals surface area contributed by atoms with Crippen LogP contribution in [0.25, 0.3) is 0 Å². The second-order valence-electron chi connectivity index (χ2n) is 3.83. The molecule has 7 heteroatoms. The molecule has 0 radical (unpaired) electrons. The summed E-state index contributed by atoms with van der Waals surface area (Å²) in [6.07, 6.45) is -0.291. The maximum atomic E-state index is 11.9. The van der Waals surface area contributed by atoms with E-state index >= 15 is 0 Å². The van der Waals surface area contributed by atoms with Crippen LogP contribution in [0.3, 0.4) is 0 Å². The first-order chi connectivity index (χ1) is 8.49. The van der Waals surface area contributed by atoms with Crippen molar-refractivity contribution >= 4 is 23.6 Å². The highest BCUT2D eigenvalue weighted by atomic mass is 32.1. The molecule has 1 heterocycles. The monoisotopic (exact) mass is 272 g/mol. The van der Waals surface area contributed by atoms with E-state index in [-0.39, 0.29) is 22.6 Å². The van der Waals surface area contributed by atoms with Crippen LogP contribution < -0.4 is 10.1 Å². The van der Waals surface area contributed by atoms with Crippen molar-refractivity contribution < 1.29 is 19.1 Å². The lowest BCUT2D eigenvalue weighted by Crippen LogP contribution is -2.30. The molecule has 6 nitrogen and oxygen atoms in total. The fourth-order valence-electron chi connectivity index (χ4n) is 1.24. The Balaban J connectivity index is 3.00. The van der Waals surface area contributed by atoms with Gasteiger partial charge in [-0.25, -0.2) is 4.79 Å². The number of ether oxygens (including phenoxy) is 2. The van der Waals surface area contributed by atoms with Gasteiger partial charge in [-0.15, -0.1) is 0 Å². The van der Waals surface area contributed by atoms with E-state index in [1.54, 1.807) is 0 Å². The summed E-state index contributed by atoms with van der Waals surface area (Å²) in [7, 11) is 1.21. The number of aryl methyl sites for hydroxylation is 1. The molecule has 0 aliphatic carbocycles. The highest BCUT2D eigenvalue weighted by molar-refractivity contribution is 7.08. The molecular formula is C11H16N2O4S. The maximum absolute atomic E-state index is 11.9. The lowest BCUT2D eigenvalue weighted by atomic mass is 10.2. The molecule has 0 aromatic carbocycles. The van der Waals surface area contributed by atoms with Gasteiger partial charge in [-0.3, -0.25) is 4.79 Å². The molecule has 1 amide bonds. The van der Waals surface area contributed by atoms with E-state index in [0.717, 1.165) is 11.5 Å². The smallest absolute Gasteiger partial charge is 0.437 e. The second-order valence-corrected chi connectivity index (χ2v) is 4.60. The molecule has 1 aromatic heterocycles. The topological polar surface area (TPSA) is 77.5 Å². The Morgan fingerprint density at radius 2 is 2.11 bits per heavy atom. The van der Waals surface area contributed by atoms with Gasteiger partial charge in [0.15, 0.2) is 10.6 Å². The number of hydrogen-bond acceptors (Lipinski definition) is 6. The van der Waals surface area contributed by atoms with Crippen molar-refractivity contribution in [2.45, 2.75) is 33.2 Å². The molecule has 1 aromatic rings. The van der Waals surface area contributed by atoms with Crippen LogP contribution in [0.5, 0.6) is 5.75 Å². The van der Waals surface area contributed by atoms with Gasteiger partial charge in [0, 0.05) is 6.04 Å². The zero-order chi connectivity index (χ0) is 13.7. The second kappa shape index (κ2) is 6.34. The van der Waals surface area contributed by atoms with Gasteiger partial charge in [0.05, 0.1) is 12.8 Å². The largest absolute Gasteiger partial charge is 0.513 e. The SMILES string of the molecule is CCc1nsc(C(=O)NC(C)C)c1OC(=O)OC. The molecule has 0 spiro atoms. The van der Waals surface area contributed by atoms with Crippen LogP contribution in [-0.4, -0.2) is 29.6 Å². The summed E-state index contributed by atoms with van der Waals surface area (Å²) in [6, 6.07) is -0.00402. The van der Waals surface area contributed by atoms with E-state index in [1.165, 1.54) is 7.11 Å². The molecule has 100 valence electrons. The van der Waals surface area contributed by atoms with Crippen LogP contribution in [0.2, 0.25) is 0 Å². The molecule has 0 saturated heterocycles. The number of methoxy groups -OCH3 is 1. The van der Waals surface area contributed by atoms with Gasteiger partial charge in [0.2, 0.25) is 0 Å². The number of rotatable bonds is 4. The average molecular weight is 272 g/mol. The Hall–Kier alpha value is -1.63. The zero-order valence-electron chi connectivity index (χ0n) is 10.8. The van der Waals surface area contributed by atoms with Crippen molar-refractivity contribution in [2.24, 2.45) is 0 Å². The fourth-order valence-corrected chi connectivity index (χ4v) is 2.04.